The Morgan fingerprint density at radius 1 is 0.217 bits per heavy atom. The minimum absolute atomic E-state index is 0.191. The number of furan rings is 2. The Morgan fingerprint density at radius 2 is 0.467 bits per heavy atom. The first kappa shape index (κ1) is 75.5. The molecule has 0 bridgehead atoms. The molecule has 120 heavy (non-hydrogen) atoms. The van der Waals surface area contributed by atoms with Gasteiger partial charge in [-0.15, -0.1) is 0 Å². The van der Waals surface area contributed by atoms with Crippen molar-refractivity contribution >= 4 is 68.1 Å². The topological polar surface area (TPSA) is 122 Å². The number of benzene rings is 16. The van der Waals surface area contributed by atoms with E-state index in [4.69, 9.17) is 44.7 Å². The van der Waals surface area contributed by atoms with Gasteiger partial charge >= 0.3 is 7.12 Å². The maximum Gasteiger partial charge on any atom is 0.495 e. The summed E-state index contributed by atoms with van der Waals surface area (Å²) in [5.74, 6) is 2.93. The average Bonchev–Trinajstić information content (AvgIpc) is 1.57. The fourth-order valence-electron chi connectivity index (χ4n) is 15.7. The van der Waals surface area contributed by atoms with Crippen LogP contribution >= 0.6 is 11.6 Å². The first-order valence-electron chi connectivity index (χ1n) is 40.2. The highest BCUT2D eigenvalue weighted by molar-refractivity contribution is 6.66. The van der Waals surface area contributed by atoms with Gasteiger partial charge in [0.1, 0.15) is 22.3 Å². The molecule has 5 heterocycles. The smallest absolute Gasteiger partial charge is 0.455 e. The van der Waals surface area contributed by atoms with Gasteiger partial charge in [0.05, 0.1) is 11.2 Å². The molecule has 1 aliphatic rings. The second-order valence-corrected chi connectivity index (χ2v) is 31.1. The third-order valence-electron chi connectivity index (χ3n) is 22.6. The van der Waals surface area contributed by atoms with E-state index in [0.29, 0.717) is 29.1 Å². The van der Waals surface area contributed by atoms with Crippen LogP contribution in [0.4, 0.5) is 0 Å². The highest BCUT2D eigenvalue weighted by Crippen LogP contribution is 2.48. The Bertz CT molecular complexity index is 7020. The van der Waals surface area contributed by atoms with Crippen LogP contribution in [-0.4, -0.2) is 48.2 Å². The number of hydrogen-bond donors (Lipinski definition) is 0. The van der Waals surface area contributed by atoms with E-state index in [-0.39, 0.29) is 5.28 Å². The lowest BCUT2D eigenvalue weighted by Gasteiger charge is -2.32. The van der Waals surface area contributed by atoms with Crippen LogP contribution in [0.5, 0.6) is 0 Å². The molecule has 10 nitrogen and oxygen atoms in total. The molecule has 12 heteroatoms. The van der Waals surface area contributed by atoms with Gasteiger partial charge in [-0.25, -0.2) is 19.9 Å². The number of aromatic nitrogens is 6. The number of halogens is 1. The van der Waals surface area contributed by atoms with Crippen LogP contribution < -0.4 is 5.46 Å². The van der Waals surface area contributed by atoms with Crippen molar-refractivity contribution in [1.82, 2.24) is 29.9 Å². The van der Waals surface area contributed by atoms with Crippen LogP contribution in [-0.2, 0) is 9.31 Å². The van der Waals surface area contributed by atoms with Crippen molar-refractivity contribution in [2.75, 3.05) is 0 Å². The van der Waals surface area contributed by atoms with E-state index < -0.39 is 18.3 Å². The Labute approximate surface area is 702 Å². The average molecular weight is 1570 g/mol. The van der Waals surface area contributed by atoms with Gasteiger partial charge in [-0.2, -0.15) is 9.97 Å². The van der Waals surface area contributed by atoms with Crippen molar-refractivity contribution in [3.63, 3.8) is 0 Å². The van der Waals surface area contributed by atoms with Gasteiger partial charge in [0, 0.05) is 71.6 Å². The number of fused-ring (bicyclic) bond motifs is 6. The zero-order valence-electron chi connectivity index (χ0n) is 66.4. The van der Waals surface area contributed by atoms with Crippen molar-refractivity contribution < 1.29 is 18.1 Å². The number of nitrogens with zero attached hydrogens (tertiary/aromatic N) is 6. The maximum absolute atomic E-state index is 7.09. The Balaban J connectivity index is 0.000000128. The van der Waals surface area contributed by atoms with Crippen molar-refractivity contribution in [3.8, 4) is 146 Å². The second kappa shape index (κ2) is 32.8. The third kappa shape index (κ3) is 15.3. The van der Waals surface area contributed by atoms with Crippen molar-refractivity contribution in [2.45, 2.75) is 38.9 Å². The molecule has 574 valence electrons. The van der Waals surface area contributed by atoms with Gasteiger partial charge in [0.25, 0.3) is 0 Å². The number of rotatable bonds is 14. The van der Waals surface area contributed by atoms with E-state index in [1.165, 1.54) is 5.56 Å². The fraction of sp³-hybridized carbons (Fsp3) is 0.0556. The molecular weight excluding hydrogens is 1490 g/mol. The molecule has 0 unspecified atom stereocenters. The Kier molecular flexibility index (Phi) is 20.6. The van der Waals surface area contributed by atoms with E-state index in [0.717, 1.165) is 161 Å². The molecule has 16 aromatic carbocycles. The zero-order valence-corrected chi connectivity index (χ0v) is 67.1. The minimum Gasteiger partial charge on any atom is -0.455 e. The van der Waals surface area contributed by atoms with Crippen molar-refractivity contribution in [2.24, 2.45) is 0 Å². The summed E-state index contributed by atoms with van der Waals surface area (Å²) in [4.78, 5) is 28.6. The molecule has 0 atom stereocenters. The SMILES string of the molecule is CC1(C)OB(c2ccc(-c3ccccc3)c3oc4c(-c5ccccc5)cc(-c5ccccc5)cc4c23)OC1(C)C.Clc1nc(-c2ccccc2)nc(-c2ccc(-c3ccccc3)cc2)n1.c1ccc(-c2ccc(-c3nc(-c4ccccc4)nc(-c4ccc(-c5ccccc5)c5oc6c(-c7ccccc7)cc(-c7ccccc7)cc6c45)n3)cc2)cc1. The van der Waals surface area contributed by atoms with Crippen molar-refractivity contribution in [3.05, 3.63) is 406 Å². The summed E-state index contributed by atoms with van der Waals surface area (Å²) in [7, 11) is -0.515. The molecule has 1 fully saturated rings. The lowest BCUT2D eigenvalue weighted by molar-refractivity contribution is 0.00578. The summed E-state index contributed by atoms with van der Waals surface area (Å²) in [5, 5.41) is 4.24. The lowest BCUT2D eigenvalue weighted by Crippen LogP contribution is -2.41. The molecular formula is C108H78BClN6O4. The molecule has 20 aromatic rings. The standard InChI is InChI=1S/C51H33N3O.C36H31BO3.C21H14ClN3/c1-6-16-34(17-7-1)36-26-28-40(29-27-36)50-52-49(39-24-14-5-15-25-39)53-51(54-50)43-31-30-42(37-20-10-3-11-21-37)48-46(43)45-33-41(35-18-8-2-9-19-35)32-44(47(45)55-48)38-22-12-4-13-23-38;1-35(2)36(3,4)40-37(39-35)31-21-20-28(25-16-10-6-11-17-25)34-32(31)30-23-27(24-14-8-5-9-15-24)22-29(33(30)38-34)26-18-12-7-13-19-26;22-21-24-19(17-9-5-2-6-10-17)23-20(25-21)18-13-11-16(12-14-18)15-7-3-1-4-8-15/h1-33H;5-23H,1-4H3;1-14H. The molecule has 0 saturated carbocycles. The second-order valence-electron chi connectivity index (χ2n) is 30.7. The first-order valence-corrected chi connectivity index (χ1v) is 40.6. The van der Waals surface area contributed by atoms with Gasteiger partial charge in [-0.1, -0.05) is 364 Å². The Morgan fingerprint density at radius 3 is 0.825 bits per heavy atom. The predicted molar refractivity (Wildman–Crippen MR) is 492 cm³/mol. The minimum atomic E-state index is -0.515. The Hall–Kier alpha value is -14.6. The van der Waals surface area contributed by atoms with Gasteiger partial charge in [-0.05, 0) is 148 Å². The van der Waals surface area contributed by atoms with E-state index in [1.54, 1.807) is 0 Å². The summed E-state index contributed by atoms with van der Waals surface area (Å²) < 4.78 is 27.2. The molecule has 0 aliphatic carbocycles. The van der Waals surface area contributed by atoms with Gasteiger partial charge in [-0.3, -0.25) is 0 Å². The zero-order chi connectivity index (χ0) is 81.1. The quantitative estimate of drug-likeness (QED) is 0.0973. The molecule has 4 aromatic heterocycles. The largest absolute Gasteiger partial charge is 0.495 e. The maximum atomic E-state index is 7.09. The molecule has 21 rings (SSSR count). The van der Waals surface area contributed by atoms with Crippen LogP contribution in [0.1, 0.15) is 27.7 Å². The summed E-state index contributed by atoms with van der Waals surface area (Å²) in [5.41, 5.74) is 25.6. The van der Waals surface area contributed by atoms with Gasteiger partial charge in [0.15, 0.2) is 29.1 Å². The lowest BCUT2D eigenvalue weighted by atomic mass is 9.75. The van der Waals surface area contributed by atoms with E-state index in [2.05, 4.69) is 322 Å². The molecule has 1 saturated heterocycles. The summed E-state index contributed by atoms with van der Waals surface area (Å²) >= 11 is 6.11. The molecule has 1 aliphatic heterocycles. The van der Waals surface area contributed by atoms with E-state index >= 15 is 0 Å². The highest BCUT2D eigenvalue weighted by atomic mass is 35.5. The molecule has 0 spiro atoms. The molecule has 0 amide bonds. The van der Waals surface area contributed by atoms with Crippen molar-refractivity contribution in [1.29, 1.82) is 0 Å². The molecule has 0 N–H and O–H groups in total. The predicted octanol–water partition coefficient (Wildman–Crippen LogP) is 27.9. The van der Waals surface area contributed by atoms with Crippen LogP contribution in [0.25, 0.3) is 190 Å². The van der Waals surface area contributed by atoms with Crippen LogP contribution in [0.15, 0.2) is 409 Å². The van der Waals surface area contributed by atoms with Crippen LogP contribution in [0, 0.1) is 0 Å². The van der Waals surface area contributed by atoms with Gasteiger partial charge in [0.2, 0.25) is 5.28 Å². The summed E-state index contributed by atoms with van der Waals surface area (Å²) in [6.45, 7) is 8.38. The third-order valence-corrected chi connectivity index (χ3v) is 22.8. The van der Waals surface area contributed by atoms with Crippen LogP contribution in [0.2, 0.25) is 5.28 Å². The van der Waals surface area contributed by atoms with E-state index in [9.17, 15) is 0 Å². The monoisotopic (exact) mass is 1570 g/mol. The molecule has 0 radical (unpaired) electrons. The normalized spacial score (nSPS) is 12.8. The number of hydrogen-bond acceptors (Lipinski definition) is 10. The highest BCUT2D eigenvalue weighted by Gasteiger charge is 2.52. The summed E-state index contributed by atoms with van der Waals surface area (Å²) in [6, 6.07) is 137. The van der Waals surface area contributed by atoms with E-state index in [1.807, 2.05) is 121 Å². The van der Waals surface area contributed by atoms with Gasteiger partial charge < -0.3 is 18.1 Å². The van der Waals surface area contributed by atoms with Crippen LogP contribution in [0.3, 0.4) is 0 Å². The fourth-order valence-corrected chi connectivity index (χ4v) is 15.9. The first-order chi connectivity index (χ1) is 58.9. The summed E-state index contributed by atoms with van der Waals surface area (Å²) in [6.07, 6.45) is 0.